The summed E-state index contributed by atoms with van der Waals surface area (Å²) in [5, 5.41) is 4.90. The zero-order valence-electron chi connectivity index (χ0n) is 24.5. The topological polar surface area (TPSA) is 122 Å². The molecular weight excluding hydrogens is 590 g/mol. The molecule has 9 nitrogen and oxygen atoms in total. The van der Waals surface area contributed by atoms with Crippen LogP contribution >= 0.6 is 11.8 Å². The van der Waals surface area contributed by atoms with Crippen LogP contribution in [0.1, 0.15) is 39.6 Å². The number of imide groups is 1. The van der Waals surface area contributed by atoms with E-state index in [1.54, 1.807) is 109 Å². The number of para-hydroxylation sites is 1. The fraction of sp³-hybridized carbons (Fsp3) is 0.114. The van der Waals surface area contributed by atoms with Crippen LogP contribution in [0.3, 0.4) is 0 Å². The Bertz CT molecular complexity index is 1790. The molecule has 0 aromatic heterocycles. The second-order valence-electron chi connectivity index (χ2n) is 10.1. The average Bonchev–Trinajstić information content (AvgIpc) is 3.33. The Morgan fingerprint density at radius 3 is 2.18 bits per heavy atom. The van der Waals surface area contributed by atoms with E-state index in [9.17, 15) is 24.0 Å². The van der Waals surface area contributed by atoms with Crippen LogP contribution in [-0.2, 0) is 14.4 Å². The van der Waals surface area contributed by atoms with Crippen LogP contribution in [0.2, 0.25) is 0 Å². The van der Waals surface area contributed by atoms with E-state index < -0.39 is 17.1 Å². The van der Waals surface area contributed by atoms with Crippen molar-refractivity contribution in [1.29, 1.82) is 0 Å². The molecular formula is C35H29N3O6S. The molecule has 0 spiro atoms. The van der Waals surface area contributed by atoms with Gasteiger partial charge in [0.2, 0.25) is 11.8 Å². The minimum Gasteiger partial charge on any atom is -0.496 e. The normalized spacial score (nSPS) is 14.7. The van der Waals surface area contributed by atoms with Gasteiger partial charge in [-0.05, 0) is 79.7 Å². The Morgan fingerprint density at radius 2 is 1.51 bits per heavy atom. The molecule has 1 fully saturated rings. The number of ether oxygens (including phenoxy) is 1. The number of methoxy groups -OCH3 is 1. The lowest BCUT2D eigenvalue weighted by Crippen LogP contribution is -2.31. The van der Waals surface area contributed by atoms with Crippen molar-refractivity contribution in [2.24, 2.45) is 0 Å². The lowest BCUT2D eigenvalue weighted by Gasteiger charge is -2.15. The third kappa shape index (κ3) is 7.36. The number of hydrogen-bond donors (Lipinski definition) is 2. The smallest absolute Gasteiger partial charge is 0.272 e. The maximum absolute atomic E-state index is 13.4. The van der Waals surface area contributed by atoms with Crippen LogP contribution < -0.4 is 20.3 Å². The summed E-state index contributed by atoms with van der Waals surface area (Å²) < 4.78 is 5.41. The fourth-order valence-corrected chi connectivity index (χ4v) is 5.73. The first-order valence-corrected chi connectivity index (χ1v) is 14.9. The van der Waals surface area contributed by atoms with E-state index >= 15 is 0 Å². The summed E-state index contributed by atoms with van der Waals surface area (Å²) in [6.45, 7) is 1.45. The summed E-state index contributed by atoms with van der Waals surface area (Å²) in [6.07, 6.45) is 1.58. The second kappa shape index (κ2) is 13.9. The van der Waals surface area contributed by atoms with Crippen LogP contribution in [0.15, 0.2) is 114 Å². The molecule has 1 unspecified atom stereocenters. The summed E-state index contributed by atoms with van der Waals surface area (Å²) in [5.74, 6) is -1.21. The Labute approximate surface area is 264 Å². The van der Waals surface area contributed by atoms with E-state index in [-0.39, 0.29) is 29.7 Å². The van der Waals surface area contributed by atoms with Crippen LogP contribution in [-0.4, -0.2) is 41.8 Å². The van der Waals surface area contributed by atoms with E-state index in [4.69, 9.17) is 4.74 Å². The molecule has 0 aliphatic carbocycles. The molecule has 4 aromatic rings. The van der Waals surface area contributed by atoms with Crippen molar-refractivity contribution in [3.8, 4) is 5.75 Å². The number of ketones is 1. The van der Waals surface area contributed by atoms with Gasteiger partial charge in [-0.25, -0.2) is 4.90 Å². The van der Waals surface area contributed by atoms with Gasteiger partial charge in [-0.15, -0.1) is 11.8 Å². The number of rotatable bonds is 10. The van der Waals surface area contributed by atoms with Gasteiger partial charge >= 0.3 is 0 Å². The number of benzene rings is 4. The van der Waals surface area contributed by atoms with Gasteiger partial charge < -0.3 is 15.4 Å². The first-order chi connectivity index (χ1) is 21.7. The Hall–Kier alpha value is -5.48. The zero-order valence-corrected chi connectivity index (χ0v) is 25.3. The number of carbonyl (C=O) groups is 5. The molecule has 1 saturated heterocycles. The van der Waals surface area contributed by atoms with Gasteiger partial charge in [0.15, 0.2) is 5.78 Å². The van der Waals surface area contributed by atoms with Crippen LogP contribution in [0.5, 0.6) is 5.75 Å². The minimum atomic E-state index is -0.617. The Morgan fingerprint density at radius 1 is 0.844 bits per heavy atom. The second-order valence-corrected chi connectivity index (χ2v) is 11.4. The average molecular weight is 620 g/mol. The molecule has 1 aliphatic heterocycles. The standard InChI is InChI=1S/C35H29N3O6S/c1-22(39)23-12-16-27(17-13-23)38-32(40)21-31(35(38)43)45-28-18-14-26(15-19-28)36-34(42)29(20-25-10-6-7-11-30(25)44-2)37-33(41)24-8-4-3-5-9-24/h3-20,31H,21H2,1-2H3,(H,36,42)(H,37,41)/b29-20-. The van der Waals surface area contributed by atoms with Gasteiger partial charge in [0.25, 0.3) is 11.8 Å². The highest BCUT2D eigenvalue weighted by molar-refractivity contribution is 8.00. The quantitative estimate of drug-likeness (QED) is 0.132. The molecule has 2 N–H and O–H groups in total. The number of carbonyl (C=O) groups excluding carboxylic acids is 5. The van der Waals surface area contributed by atoms with Crippen molar-refractivity contribution in [2.45, 2.75) is 23.5 Å². The van der Waals surface area contributed by atoms with Crippen molar-refractivity contribution in [2.75, 3.05) is 17.3 Å². The van der Waals surface area contributed by atoms with Crippen molar-refractivity contribution in [1.82, 2.24) is 5.32 Å². The van der Waals surface area contributed by atoms with Gasteiger partial charge in [-0.3, -0.25) is 24.0 Å². The highest BCUT2D eigenvalue weighted by Crippen LogP contribution is 2.34. The maximum atomic E-state index is 13.4. The van der Waals surface area contributed by atoms with Gasteiger partial charge in [0.05, 0.1) is 18.0 Å². The van der Waals surface area contributed by atoms with Crippen molar-refractivity contribution in [3.05, 3.63) is 126 Å². The number of anilines is 2. The van der Waals surface area contributed by atoms with E-state index in [0.717, 1.165) is 9.80 Å². The highest BCUT2D eigenvalue weighted by Gasteiger charge is 2.40. The lowest BCUT2D eigenvalue weighted by atomic mass is 10.1. The first kappa shape index (κ1) is 31.0. The third-order valence-corrected chi connectivity index (χ3v) is 8.19. The van der Waals surface area contributed by atoms with Crippen molar-refractivity contribution >= 4 is 58.6 Å². The van der Waals surface area contributed by atoms with Gasteiger partial charge in [0, 0.05) is 33.7 Å². The summed E-state index contributed by atoms with van der Waals surface area (Å²) in [6, 6.07) is 28.9. The van der Waals surface area contributed by atoms with Crippen LogP contribution in [0.4, 0.5) is 11.4 Å². The molecule has 10 heteroatoms. The van der Waals surface area contributed by atoms with Crippen LogP contribution in [0, 0.1) is 0 Å². The Kier molecular flexibility index (Phi) is 9.54. The molecule has 0 radical (unpaired) electrons. The number of Topliss-reactive ketones (excluding diaryl/α,β-unsaturated/α-hetero) is 1. The molecule has 0 bridgehead atoms. The predicted molar refractivity (Wildman–Crippen MR) is 173 cm³/mol. The van der Waals surface area contributed by atoms with Gasteiger partial charge in [-0.1, -0.05) is 36.4 Å². The summed E-state index contributed by atoms with van der Waals surface area (Å²) in [4.78, 5) is 65.6. The van der Waals surface area contributed by atoms with Crippen molar-refractivity contribution in [3.63, 3.8) is 0 Å². The van der Waals surface area contributed by atoms with Gasteiger partial charge in [0.1, 0.15) is 11.4 Å². The monoisotopic (exact) mass is 619 g/mol. The molecule has 5 rings (SSSR count). The Balaban J connectivity index is 1.28. The lowest BCUT2D eigenvalue weighted by molar-refractivity contribution is -0.121. The van der Waals surface area contributed by atoms with E-state index in [1.165, 1.54) is 25.8 Å². The number of hydrogen-bond acceptors (Lipinski definition) is 7. The third-order valence-electron chi connectivity index (χ3n) is 7.00. The number of amides is 4. The minimum absolute atomic E-state index is 0.0123. The summed E-state index contributed by atoms with van der Waals surface area (Å²) in [7, 11) is 1.52. The first-order valence-electron chi connectivity index (χ1n) is 14.0. The molecule has 1 atom stereocenters. The van der Waals surface area contributed by atoms with E-state index in [1.807, 2.05) is 0 Å². The van der Waals surface area contributed by atoms with Crippen LogP contribution in [0.25, 0.3) is 6.08 Å². The highest BCUT2D eigenvalue weighted by atomic mass is 32.2. The molecule has 226 valence electrons. The maximum Gasteiger partial charge on any atom is 0.272 e. The summed E-state index contributed by atoms with van der Waals surface area (Å²) >= 11 is 1.25. The zero-order chi connectivity index (χ0) is 31.9. The molecule has 1 heterocycles. The fourth-order valence-electron chi connectivity index (χ4n) is 4.68. The van der Waals surface area contributed by atoms with E-state index in [2.05, 4.69) is 10.6 Å². The van der Waals surface area contributed by atoms with Gasteiger partial charge in [-0.2, -0.15) is 0 Å². The number of nitrogens with one attached hydrogen (secondary N) is 2. The molecule has 4 aromatic carbocycles. The SMILES string of the molecule is COc1ccccc1/C=C(\NC(=O)c1ccccc1)C(=O)Nc1ccc(SC2CC(=O)N(c3ccc(C(C)=O)cc3)C2=O)cc1. The molecule has 4 amide bonds. The molecule has 0 saturated carbocycles. The van der Waals surface area contributed by atoms with E-state index in [0.29, 0.717) is 33.8 Å². The molecule has 1 aliphatic rings. The van der Waals surface area contributed by atoms with Crippen molar-refractivity contribution < 1.29 is 28.7 Å². The number of thioether (sulfide) groups is 1. The molecule has 45 heavy (non-hydrogen) atoms. The largest absolute Gasteiger partial charge is 0.496 e. The summed E-state index contributed by atoms with van der Waals surface area (Å²) in [5.41, 5.74) is 2.39. The predicted octanol–water partition coefficient (Wildman–Crippen LogP) is 5.73. The number of nitrogens with zero attached hydrogens (tertiary/aromatic N) is 1.